The predicted molar refractivity (Wildman–Crippen MR) is 51.9 cm³/mol. The number of aromatic nitrogens is 1. The lowest BCUT2D eigenvalue weighted by atomic mass is 10.3. The fraction of sp³-hybridized carbons (Fsp3) is 0.556. The third kappa shape index (κ3) is 11.9. The summed E-state index contributed by atoms with van der Waals surface area (Å²) in [6.45, 7) is 3.03. The Morgan fingerprint density at radius 3 is 1.92 bits per heavy atom. The molecule has 72 valence electrons. The molecule has 1 aromatic heterocycles. The van der Waals surface area contributed by atoms with Crippen molar-refractivity contribution in [3.05, 3.63) is 24.5 Å². The van der Waals surface area contributed by atoms with Crippen molar-refractivity contribution in [1.82, 2.24) is 4.98 Å². The molecule has 3 N–H and O–H groups in total. The van der Waals surface area contributed by atoms with Crippen molar-refractivity contribution in [3.63, 3.8) is 0 Å². The number of hydrogen-bond donors (Lipinski definition) is 2. The summed E-state index contributed by atoms with van der Waals surface area (Å²) in [7, 11) is 0. The van der Waals surface area contributed by atoms with Gasteiger partial charge in [0.1, 0.15) is 0 Å². The average molecular weight is 174 g/mol. The van der Waals surface area contributed by atoms with E-state index >= 15 is 0 Å². The van der Waals surface area contributed by atoms with Gasteiger partial charge in [0.25, 0.3) is 0 Å². The van der Waals surface area contributed by atoms with Crippen LogP contribution in [0.2, 0.25) is 0 Å². The van der Waals surface area contributed by atoms with Crippen LogP contribution in [-0.4, -0.2) is 11.5 Å². The second-order valence-electron chi connectivity index (χ2n) is 2.38. The maximum absolute atomic E-state index is 5.21. The zero-order valence-corrected chi connectivity index (χ0v) is 7.62. The lowest BCUT2D eigenvalue weighted by Crippen LogP contribution is -1.96. The van der Waals surface area contributed by atoms with Gasteiger partial charge in [-0.2, -0.15) is 0 Å². The quantitative estimate of drug-likeness (QED) is 0.678. The monoisotopic (exact) mass is 174 g/mol. The van der Waals surface area contributed by atoms with Gasteiger partial charge < -0.3 is 10.7 Å². The van der Waals surface area contributed by atoms with Crippen LogP contribution in [0.4, 0.5) is 4.70 Å². The fourth-order valence-corrected chi connectivity index (χ4v) is 0.672. The van der Waals surface area contributed by atoms with Crippen molar-refractivity contribution in [2.24, 2.45) is 5.73 Å². The molecular formula is C9H19FN2. The summed E-state index contributed by atoms with van der Waals surface area (Å²) in [5.74, 6) is 0. The summed E-state index contributed by atoms with van der Waals surface area (Å²) >= 11 is 0. The van der Waals surface area contributed by atoms with E-state index in [1.165, 1.54) is 19.3 Å². The zero-order chi connectivity index (χ0) is 8.36. The molecule has 0 aliphatic heterocycles. The molecular weight excluding hydrogens is 155 g/mol. The highest BCUT2D eigenvalue weighted by Gasteiger charge is 1.75. The van der Waals surface area contributed by atoms with Gasteiger partial charge in [0.2, 0.25) is 0 Å². The molecule has 0 radical (unpaired) electrons. The first-order valence-electron chi connectivity index (χ1n) is 4.19. The first-order valence-corrected chi connectivity index (χ1v) is 4.19. The van der Waals surface area contributed by atoms with Crippen LogP contribution in [0.1, 0.15) is 26.2 Å². The van der Waals surface area contributed by atoms with Crippen LogP contribution in [0.3, 0.4) is 0 Å². The molecule has 0 amide bonds. The molecule has 1 heterocycles. The zero-order valence-electron chi connectivity index (χ0n) is 7.62. The van der Waals surface area contributed by atoms with Crippen molar-refractivity contribution in [2.75, 3.05) is 6.54 Å². The number of aromatic amines is 1. The Morgan fingerprint density at radius 1 is 1.17 bits per heavy atom. The molecule has 3 heteroatoms. The van der Waals surface area contributed by atoms with Crippen LogP contribution in [0.25, 0.3) is 0 Å². The highest BCUT2D eigenvalue weighted by atomic mass is 19.0. The normalized spacial score (nSPS) is 7.83. The summed E-state index contributed by atoms with van der Waals surface area (Å²) in [5.41, 5.74) is 5.21. The van der Waals surface area contributed by atoms with Gasteiger partial charge in [0.15, 0.2) is 0 Å². The van der Waals surface area contributed by atoms with E-state index in [-0.39, 0.29) is 4.70 Å². The fourth-order valence-electron chi connectivity index (χ4n) is 0.672. The van der Waals surface area contributed by atoms with E-state index in [1.807, 2.05) is 24.5 Å². The van der Waals surface area contributed by atoms with Gasteiger partial charge >= 0.3 is 0 Å². The van der Waals surface area contributed by atoms with Crippen molar-refractivity contribution in [1.29, 1.82) is 0 Å². The SMILES string of the molecule is CCCCCN.F.c1cc[nH]c1. The summed E-state index contributed by atoms with van der Waals surface area (Å²) in [6, 6.07) is 3.89. The Morgan fingerprint density at radius 2 is 1.75 bits per heavy atom. The van der Waals surface area contributed by atoms with Crippen molar-refractivity contribution in [3.8, 4) is 0 Å². The second-order valence-corrected chi connectivity index (χ2v) is 2.38. The number of unbranched alkanes of at least 4 members (excludes halogenated alkanes) is 2. The van der Waals surface area contributed by atoms with E-state index < -0.39 is 0 Å². The topological polar surface area (TPSA) is 41.8 Å². The summed E-state index contributed by atoms with van der Waals surface area (Å²) < 4.78 is 0. The second kappa shape index (κ2) is 12.8. The van der Waals surface area contributed by atoms with E-state index in [2.05, 4.69) is 11.9 Å². The third-order valence-corrected chi connectivity index (χ3v) is 1.30. The molecule has 0 spiro atoms. The van der Waals surface area contributed by atoms with Crippen molar-refractivity contribution in [2.45, 2.75) is 26.2 Å². The van der Waals surface area contributed by atoms with Crippen LogP contribution in [0.15, 0.2) is 24.5 Å². The van der Waals surface area contributed by atoms with Gasteiger partial charge in [-0.15, -0.1) is 0 Å². The van der Waals surface area contributed by atoms with E-state index in [1.54, 1.807) is 0 Å². The number of hydrogen-bond acceptors (Lipinski definition) is 1. The molecule has 0 atom stereocenters. The largest absolute Gasteiger partial charge is 0.368 e. The molecule has 0 unspecified atom stereocenters. The minimum atomic E-state index is 0. The van der Waals surface area contributed by atoms with Crippen LogP contribution in [-0.2, 0) is 0 Å². The van der Waals surface area contributed by atoms with E-state index in [0.717, 1.165) is 6.54 Å². The minimum Gasteiger partial charge on any atom is -0.368 e. The Bertz CT molecular complexity index is 108. The first kappa shape index (κ1) is 13.7. The molecule has 0 saturated carbocycles. The minimum absolute atomic E-state index is 0. The van der Waals surface area contributed by atoms with Crippen LogP contribution in [0, 0.1) is 0 Å². The molecule has 1 rings (SSSR count). The van der Waals surface area contributed by atoms with Crippen LogP contribution in [0.5, 0.6) is 0 Å². The summed E-state index contributed by atoms with van der Waals surface area (Å²) in [4.78, 5) is 2.86. The molecule has 0 aliphatic rings. The summed E-state index contributed by atoms with van der Waals surface area (Å²) in [5, 5.41) is 0. The average Bonchev–Trinajstić information content (AvgIpc) is 2.57. The smallest absolute Gasteiger partial charge is 0.000496 e. The first-order chi connectivity index (χ1) is 5.41. The predicted octanol–water partition coefficient (Wildman–Crippen LogP) is 2.30. The number of rotatable bonds is 3. The van der Waals surface area contributed by atoms with Crippen molar-refractivity contribution < 1.29 is 4.70 Å². The Hall–Kier alpha value is -0.830. The molecule has 2 nitrogen and oxygen atoms in total. The van der Waals surface area contributed by atoms with Crippen LogP contribution < -0.4 is 5.73 Å². The van der Waals surface area contributed by atoms with Crippen LogP contribution >= 0.6 is 0 Å². The molecule has 0 aliphatic carbocycles. The summed E-state index contributed by atoms with van der Waals surface area (Å²) in [6.07, 6.45) is 7.50. The molecule has 0 fully saturated rings. The maximum Gasteiger partial charge on any atom is 0.000496 e. The van der Waals surface area contributed by atoms with E-state index in [9.17, 15) is 0 Å². The van der Waals surface area contributed by atoms with Gasteiger partial charge in [-0.25, -0.2) is 0 Å². The number of nitrogens with two attached hydrogens (primary N) is 1. The lowest BCUT2D eigenvalue weighted by Gasteiger charge is -1.86. The Labute approximate surface area is 73.5 Å². The van der Waals surface area contributed by atoms with Gasteiger partial charge in [0, 0.05) is 12.4 Å². The number of H-pyrrole nitrogens is 1. The maximum atomic E-state index is 5.21. The van der Waals surface area contributed by atoms with E-state index in [4.69, 9.17) is 5.73 Å². The number of nitrogens with one attached hydrogen (secondary N) is 1. The van der Waals surface area contributed by atoms with Gasteiger partial charge in [0.05, 0.1) is 0 Å². The van der Waals surface area contributed by atoms with Gasteiger partial charge in [-0.05, 0) is 25.1 Å². The van der Waals surface area contributed by atoms with E-state index in [0.29, 0.717) is 0 Å². The molecule has 1 aromatic rings. The molecule has 12 heavy (non-hydrogen) atoms. The molecule has 0 aromatic carbocycles. The molecule has 0 bridgehead atoms. The highest BCUT2D eigenvalue weighted by Crippen LogP contribution is 1.88. The van der Waals surface area contributed by atoms with Gasteiger partial charge in [-0.1, -0.05) is 19.8 Å². The highest BCUT2D eigenvalue weighted by molar-refractivity contribution is 4.84. The Kier molecular flexibility index (Phi) is 14.7. The van der Waals surface area contributed by atoms with Gasteiger partial charge in [-0.3, -0.25) is 4.70 Å². The number of halogens is 1. The third-order valence-electron chi connectivity index (χ3n) is 1.30. The molecule has 0 saturated heterocycles. The lowest BCUT2D eigenvalue weighted by molar-refractivity contribution is 0.727. The Balaban J connectivity index is 0. The van der Waals surface area contributed by atoms with Crippen molar-refractivity contribution >= 4 is 0 Å². The standard InChI is InChI=1S/C5H13N.C4H5N.FH/c1-2-3-4-5-6;1-2-4-5-3-1;/h2-6H2,1H3;1-5H;1H.